The standard InChI is InChI=1S/C17H36N2O2/c1-7-13-18-17(5,16(20)21-9-3)12-10-11-14-19(6)15(4)8-2/h15,18H,7-14H2,1-6H3. The van der Waals surface area contributed by atoms with Crippen LogP contribution < -0.4 is 5.32 Å². The first-order valence-electron chi connectivity index (χ1n) is 8.53. The number of unbranched alkanes of at least 4 members (excludes halogenated alkanes) is 1. The Balaban J connectivity index is 4.26. The summed E-state index contributed by atoms with van der Waals surface area (Å²) in [6.45, 7) is 12.8. The third kappa shape index (κ3) is 7.82. The second-order valence-corrected chi connectivity index (χ2v) is 6.17. The number of hydrogen-bond donors (Lipinski definition) is 1. The third-order valence-corrected chi connectivity index (χ3v) is 4.27. The summed E-state index contributed by atoms with van der Waals surface area (Å²) in [4.78, 5) is 14.5. The topological polar surface area (TPSA) is 41.6 Å². The lowest BCUT2D eigenvalue weighted by atomic mass is 9.94. The summed E-state index contributed by atoms with van der Waals surface area (Å²) in [6.07, 6.45) is 5.18. The Labute approximate surface area is 131 Å². The van der Waals surface area contributed by atoms with Crippen LogP contribution in [0, 0.1) is 0 Å². The summed E-state index contributed by atoms with van der Waals surface area (Å²) in [5.74, 6) is -0.117. The highest BCUT2D eigenvalue weighted by molar-refractivity contribution is 5.80. The summed E-state index contributed by atoms with van der Waals surface area (Å²) in [6, 6.07) is 0.625. The van der Waals surface area contributed by atoms with Crippen LogP contribution >= 0.6 is 0 Å². The molecule has 0 heterocycles. The van der Waals surface area contributed by atoms with E-state index in [0.717, 1.165) is 38.8 Å². The Morgan fingerprint density at radius 1 is 1.29 bits per heavy atom. The summed E-state index contributed by atoms with van der Waals surface area (Å²) >= 11 is 0. The van der Waals surface area contributed by atoms with Crippen molar-refractivity contribution in [1.29, 1.82) is 0 Å². The van der Waals surface area contributed by atoms with Gasteiger partial charge in [0.05, 0.1) is 6.61 Å². The Bertz CT molecular complexity index is 284. The maximum Gasteiger partial charge on any atom is 0.326 e. The van der Waals surface area contributed by atoms with E-state index < -0.39 is 5.54 Å². The van der Waals surface area contributed by atoms with Gasteiger partial charge in [0.1, 0.15) is 5.54 Å². The van der Waals surface area contributed by atoms with E-state index >= 15 is 0 Å². The van der Waals surface area contributed by atoms with Gasteiger partial charge in [0.2, 0.25) is 0 Å². The molecule has 4 nitrogen and oxygen atoms in total. The fraction of sp³-hybridized carbons (Fsp3) is 0.941. The number of carbonyl (C=O) groups is 1. The van der Waals surface area contributed by atoms with Gasteiger partial charge in [0.15, 0.2) is 0 Å². The van der Waals surface area contributed by atoms with E-state index in [9.17, 15) is 4.79 Å². The lowest BCUT2D eigenvalue weighted by Gasteiger charge is -2.29. The average molecular weight is 300 g/mol. The van der Waals surface area contributed by atoms with Crippen molar-refractivity contribution in [1.82, 2.24) is 10.2 Å². The maximum absolute atomic E-state index is 12.2. The average Bonchev–Trinajstić information content (AvgIpc) is 2.48. The van der Waals surface area contributed by atoms with Gasteiger partial charge in [-0.3, -0.25) is 4.79 Å². The molecule has 0 rings (SSSR count). The van der Waals surface area contributed by atoms with Crippen LogP contribution in [0.4, 0.5) is 0 Å². The quantitative estimate of drug-likeness (QED) is 0.444. The Morgan fingerprint density at radius 3 is 2.48 bits per heavy atom. The highest BCUT2D eigenvalue weighted by atomic mass is 16.5. The number of rotatable bonds is 12. The van der Waals surface area contributed by atoms with E-state index in [2.05, 4.69) is 38.0 Å². The molecule has 0 aromatic rings. The van der Waals surface area contributed by atoms with Crippen molar-refractivity contribution in [2.24, 2.45) is 0 Å². The van der Waals surface area contributed by atoms with Crippen LogP contribution in [0.25, 0.3) is 0 Å². The first-order valence-corrected chi connectivity index (χ1v) is 8.53. The summed E-state index contributed by atoms with van der Waals surface area (Å²) in [5, 5.41) is 3.36. The number of nitrogens with zero attached hydrogens (tertiary/aromatic N) is 1. The van der Waals surface area contributed by atoms with Gasteiger partial charge >= 0.3 is 5.97 Å². The molecule has 0 spiro atoms. The van der Waals surface area contributed by atoms with E-state index in [1.54, 1.807) is 0 Å². The molecule has 4 heteroatoms. The van der Waals surface area contributed by atoms with Crippen LogP contribution in [0.15, 0.2) is 0 Å². The SMILES string of the molecule is CCCNC(C)(CCCCN(C)C(C)CC)C(=O)OCC. The zero-order valence-electron chi connectivity index (χ0n) is 15.0. The molecule has 126 valence electrons. The highest BCUT2D eigenvalue weighted by Crippen LogP contribution is 2.17. The minimum atomic E-state index is -0.541. The van der Waals surface area contributed by atoms with Crippen LogP contribution in [0.2, 0.25) is 0 Å². The van der Waals surface area contributed by atoms with Gasteiger partial charge in [-0.05, 0) is 73.0 Å². The number of nitrogens with one attached hydrogen (secondary N) is 1. The molecular formula is C17H36N2O2. The smallest absolute Gasteiger partial charge is 0.326 e. The molecule has 21 heavy (non-hydrogen) atoms. The van der Waals surface area contributed by atoms with Crippen LogP contribution in [-0.4, -0.2) is 49.2 Å². The molecule has 0 saturated heterocycles. The summed E-state index contributed by atoms with van der Waals surface area (Å²) in [5.41, 5.74) is -0.541. The second-order valence-electron chi connectivity index (χ2n) is 6.17. The molecule has 0 amide bonds. The van der Waals surface area contributed by atoms with Gasteiger partial charge in [-0.15, -0.1) is 0 Å². The summed E-state index contributed by atoms with van der Waals surface area (Å²) in [7, 11) is 2.17. The van der Waals surface area contributed by atoms with Crippen molar-refractivity contribution in [3.8, 4) is 0 Å². The van der Waals surface area contributed by atoms with Crippen molar-refractivity contribution < 1.29 is 9.53 Å². The minimum absolute atomic E-state index is 0.117. The molecule has 0 radical (unpaired) electrons. The van der Waals surface area contributed by atoms with Gasteiger partial charge in [-0.2, -0.15) is 0 Å². The molecule has 2 atom stereocenters. The van der Waals surface area contributed by atoms with Crippen LogP contribution in [-0.2, 0) is 9.53 Å². The van der Waals surface area contributed by atoms with Gasteiger partial charge in [-0.1, -0.05) is 13.8 Å². The fourth-order valence-corrected chi connectivity index (χ4v) is 2.33. The third-order valence-electron chi connectivity index (χ3n) is 4.27. The maximum atomic E-state index is 12.2. The molecule has 0 aliphatic heterocycles. The zero-order valence-corrected chi connectivity index (χ0v) is 15.0. The molecule has 0 aromatic heterocycles. The highest BCUT2D eigenvalue weighted by Gasteiger charge is 2.33. The fourth-order valence-electron chi connectivity index (χ4n) is 2.33. The predicted octanol–water partition coefficient (Wildman–Crippen LogP) is 3.21. The zero-order chi connectivity index (χ0) is 16.3. The van der Waals surface area contributed by atoms with E-state index in [4.69, 9.17) is 4.74 Å². The van der Waals surface area contributed by atoms with Gasteiger partial charge in [0, 0.05) is 6.04 Å². The predicted molar refractivity (Wildman–Crippen MR) is 89.6 cm³/mol. The molecule has 0 bridgehead atoms. The van der Waals surface area contributed by atoms with E-state index in [0.29, 0.717) is 12.6 Å². The number of ether oxygens (including phenoxy) is 1. The van der Waals surface area contributed by atoms with Crippen molar-refractivity contribution >= 4 is 5.97 Å². The Hall–Kier alpha value is -0.610. The van der Waals surface area contributed by atoms with Gasteiger partial charge < -0.3 is 15.0 Å². The Morgan fingerprint density at radius 2 is 1.95 bits per heavy atom. The second kappa shape index (κ2) is 11.0. The Kier molecular flexibility index (Phi) is 10.7. The van der Waals surface area contributed by atoms with Gasteiger partial charge in [-0.25, -0.2) is 0 Å². The molecular weight excluding hydrogens is 264 g/mol. The molecule has 0 aromatic carbocycles. The first kappa shape index (κ1) is 20.4. The van der Waals surface area contributed by atoms with E-state index in [-0.39, 0.29) is 5.97 Å². The molecule has 1 N–H and O–H groups in total. The number of esters is 1. The van der Waals surface area contributed by atoms with Crippen LogP contribution in [0.3, 0.4) is 0 Å². The lowest BCUT2D eigenvalue weighted by molar-refractivity contribution is -0.150. The number of carbonyl (C=O) groups excluding carboxylic acids is 1. The largest absolute Gasteiger partial charge is 0.465 e. The molecule has 0 fully saturated rings. The summed E-state index contributed by atoms with van der Waals surface area (Å²) < 4.78 is 5.23. The monoisotopic (exact) mass is 300 g/mol. The normalized spacial score (nSPS) is 15.8. The molecule has 0 aliphatic rings. The van der Waals surface area contributed by atoms with Crippen molar-refractivity contribution in [3.05, 3.63) is 0 Å². The van der Waals surface area contributed by atoms with E-state index in [1.165, 1.54) is 6.42 Å². The molecule has 2 unspecified atom stereocenters. The molecule has 0 saturated carbocycles. The van der Waals surface area contributed by atoms with Crippen LogP contribution in [0.5, 0.6) is 0 Å². The van der Waals surface area contributed by atoms with Crippen molar-refractivity contribution in [2.75, 3.05) is 26.7 Å². The van der Waals surface area contributed by atoms with Gasteiger partial charge in [0.25, 0.3) is 0 Å². The lowest BCUT2D eigenvalue weighted by Crippen LogP contribution is -2.50. The van der Waals surface area contributed by atoms with Crippen molar-refractivity contribution in [3.63, 3.8) is 0 Å². The molecule has 0 aliphatic carbocycles. The van der Waals surface area contributed by atoms with E-state index in [1.807, 2.05) is 13.8 Å². The first-order chi connectivity index (χ1) is 9.91. The number of hydrogen-bond acceptors (Lipinski definition) is 4. The van der Waals surface area contributed by atoms with Crippen LogP contribution in [0.1, 0.15) is 66.7 Å². The minimum Gasteiger partial charge on any atom is -0.465 e. The van der Waals surface area contributed by atoms with Crippen molar-refractivity contribution in [2.45, 2.75) is 78.3 Å².